The Labute approximate surface area is 210 Å². The summed E-state index contributed by atoms with van der Waals surface area (Å²) in [5.74, 6) is 1.51. The molecule has 4 rings (SSSR count). The average molecular weight is 499 g/mol. The number of rotatable bonds is 8. The first-order valence-electron chi connectivity index (χ1n) is 12.1. The maximum atomic E-state index is 12.8. The van der Waals surface area contributed by atoms with Crippen LogP contribution in [0.2, 0.25) is 5.02 Å². The molecule has 0 aromatic heterocycles. The van der Waals surface area contributed by atoms with Gasteiger partial charge in [0.15, 0.2) is 19.0 Å². The molecular formula is C27H31ClN2O5. The van der Waals surface area contributed by atoms with Gasteiger partial charge in [-0.15, -0.1) is 0 Å². The summed E-state index contributed by atoms with van der Waals surface area (Å²) in [7, 11) is 0. The summed E-state index contributed by atoms with van der Waals surface area (Å²) < 4.78 is 11.2. The highest BCUT2D eigenvalue weighted by molar-refractivity contribution is 6.31. The molecule has 0 bridgehead atoms. The Bertz CT molecular complexity index is 1110. The molecule has 0 radical (unpaired) electrons. The largest absolute Gasteiger partial charge is 0.485 e. The molecule has 0 atom stereocenters. The second kappa shape index (κ2) is 11.1. The van der Waals surface area contributed by atoms with Gasteiger partial charge >= 0.3 is 0 Å². The van der Waals surface area contributed by atoms with E-state index in [2.05, 4.69) is 6.92 Å². The lowest BCUT2D eigenvalue weighted by atomic mass is 9.99. The number of piperidine rings is 1. The minimum Gasteiger partial charge on any atom is -0.485 e. The van der Waals surface area contributed by atoms with Crippen molar-refractivity contribution in [3.05, 3.63) is 52.5 Å². The minimum absolute atomic E-state index is 0.0583. The van der Waals surface area contributed by atoms with E-state index in [0.717, 1.165) is 31.5 Å². The van der Waals surface area contributed by atoms with Gasteiger partial charge in [0.25, 0.3) is 5.91 Å². The lowest BCUT2D eigenvalue weighted by Crippen LogP contribution is -2.41. The standard InChI is InChI=1S/C27H31ClN2O5/c1-18-9-12-29(13-10-18)26(32)4-3-11-30-23-15-20(5-8-25(23)35-17-27(30)33)24(31)16-34-21-6-7-22(28)19(2)14-21/h5-8,14-15,18H,3-4,9-13,16-17H2,1-2H3. The molecule has 1 saturated heterocycles. The van der Waals surface area contributed by atoms with E-state index in [4.69, 9.17) is 21.1 Å². The lowest BCUT2D eigenvalue weighted by molar-refractivity contribution is -0.132. The SMILES string of the molecule is Cc1cc(OCC(=O)c2ccc3c(c2)N(CCCC(=O)N2CCC(C)CC2)C(=O)CO3)ccc1Cl. The fraction of sp³-hybridized carbons (Fsp3) is 0.444. The Balaban J connectivity index is 1.37. The number of likely N-dealkylation sites (tertiary alicyclic amines) is 1. The molecule has 8 heteroatoms. The number of ether oxygens (including phenoxy) is 2. The molecule has 2 aliphatic rings. The van der Waals surface area contributed by atoms with Crippen molar-refractivity contribution in [1.82, 2.24) is 4.90 Å². The molecule has 0 N–H and O–H groups in total. The van der Waals surface area contributed by atoms with E-state index in [-0.39, 0.29) is 30.8 Å². The van der Waals surface area contributed by atoms with E-state index in [0.29, 0.717) is 53.1 Å². The van der Waals surface area contributed by atoms with E-state index in [1.54, 1.807) is 41.3 Å². The number of ketones is 1. The number of amides is 2. The topological polar surface area (TPSA) is 76.2 Å². The molecule has 2 aliphatic heterocycles. The van der Waals surface area contributed by atoms with Crippen LogP contribution in [0.5, 0.6) is 11.5 Å². The zero-order chi connectivity index (χ0) is 24.9. The van der Waals surface area contributed by atoms with Crippen LogP contribution < -0.4 is 14.4 Å². The van der Waals surface area contributed by atoms with E-state index in [9.17, 15) is 14.4 Å². The normalized spacial score (nSPS) is 16.0. The molecule has 0 spiro atoms. The minimum atomic E-state index is -0.215. The summed E-state index contributed by atoms with van der Waals surface area (Å²) in [5, 5.41) is 0.635. The van der Waals surface area contributed by atoms with Crippen molar-refractivity contribution in [3.63, 3.8) is 0 Å². The van der Waals surface area contributed by atoms with Crippen LogP contribution in [-0.2, 0) is 9.59 Å². The van der Waals surface area contributed by atoms with Gasteiger partial charge in [-0.2, -0.15) is 0 Å². The van der Waals surface area contributed by atoms with Gasteiger partial charge < -0.3 is 19.3 Å². The molecule has 2 heterocycles. The summed E-state index contributed by atoms with van der Waals surface area (Å²) in [5.41, 5.74) is 1.84. The van der Waals surface area contributed by atoms with Crippen LogP contribution in [0.15, 0.2) is 36.4 Å². The number of aryl methyl sites for hydroxylation is 1. The number of hydrogen-bond acceptors (Lipinski definition) is 5. The second-order valence-corrected chi connectivity index (χ2v) is 9.71. The molecule has 2 aromatic rings. The number of carbonyl (C=O) groups excluding carboxylic acids is 3. The smallest absolute Gasteiger partial charge is 0.265 e. The summed E-state index contributed by atoms with van der Waals surface area (Å²) >= 11 is 6.04. The lowest BCUT2D eigenvalue weighted by Gasteiger charge is -2.31. The Morgan fingerprint density at radius 2 is 1.91 bits per heavy atom. The van der Waals surface area contributed by atoms with Gasteiger partial charge in [0.1, 0.15) is 11.5 Å². The van der Waals surface area contributed by atoms with Gasteiger partial charge in [-0.1, -0.05) is 18.5 Å². The van der Waals surface area contributed by atoms with E-state index < -0.39 is 0 Å². The third kappa shape index (κ3) is 6.14. The van der Waals surface area contributed by atoms with Crippen LogP contribution in [0.1, 0.15) is 48.5 Å². The highest BCUT2D eigenvalue weighted by Crippen LogP contribution is 2.33. The molecule has 186 valence electrons. The van der Waals surface area contributed by atoms with E-state index in [1.165, 1.54) is 0 Å². The highest BCUT2D eigenvalue weighted by Gasteiger charge is 2.27. The third-order valence-electron chi connectivity index (χ3n) is 6.63. The maximum Gasteiger partial charge on any atom is 0.265 e. The number of fused-ring (bicyclic) bond motifs is 1. The van der Waals surface area contributed by atoms with Gasteiger partial charge in [-0.05, 0) is 74.1 Å². The molecule has 2 amide bonds. The Hall–Kier alpha value is -3.06. The molecule has 0 unspecified atom stereocenters. The first kappa shape index (κ1) is 25.0. The summed E-state index contributed by atoms with van der Waals surface area (Å²) in [4.78, 5) is 41.5. The number of nitrogens with zero attached hydrogens (tertiary/aromatic N) is 2. The van der Waals surface area contributed by atoms with Gasteiger partial charge in [-0.25, -0.2) is 0 Å². The van der Waals surface area contributed by atoms with Gasteiger partial charge in [0, 0.05) is 36.6 Å². The quantitative estimate of drug-likeness (QED) is 0.494. The van der Waals surface area contributed by atoms with Crippen LogP contribution in [0.25, 0.3) is 0 Å². The molecular weight excluding hydrogens is 468 g/mol. The van der Waals surface area contributed by atoms with Crippen LogP contribution >= 0.6 is 11.6 Å². The Morgan fingerprint density at radius 1 is 1.14 bits per heavy atom. The number of Topliss-reactive ketones (excluding diaryl/α,β-unsaturated/α-hetero) is 1. The molecule has 35 heavy (non-hydrogen) atoms. The van der Waals surface area contributed by atoms with Gasteiger partial charge in [0.2, 0.25) is 5.91 Å². The van der Waals surface area contributed by atoms with Crippen molar-refractivity contribution in [2.75, 3.05) is 37.7 Å². The maximum absolute atomic E-state index is 12.8. The molecule has 2 aromatic carbocycles. The molecule has 0 aliphatic carbocycles. The van der Waals surface area contributed by atoms with Crippen molar-refractivity contribution in [2.45, 2.75) is 39.5 Å². The summed E-state index contributed by atoms with van der Waals surface area (Å²) in [6.07, 6.45) is 3.02. The number of anilines is 1. The average Bonchev–Trinajstić information content (AvgIpc) is 2.86. The first-order valence-corrected chi connectivity index (χ1v) is 12.5. The third-order valence-corrected chi connectivity index (χ3v) is 7.06. The zero-order valence-corrected chi connectivity index (χ0v) is 21.0. The van der Waals surface area contributed by atoms with Crippen molar-refractivity contribution in [3.8, 4) is 11.5 Å². The van der Waals surface area contributed by atoms with Crippen LogP contribution in [0, 0.1) is 12.8 Å². The van der Waals surface area contributed by atoms with Gasteiger partial charge in [-0.3, -0.25) is 14.4 Å². The molecule has 0 saturated carbocycles. The second-order valence-electron chi connectivity index (χ2n) is 9.31. The predicted octanol–water partition coefficient (Wildman–Crippen LogP) is 4.67. The molecule has 1 fully saturated rings. The van der Waals surface area contributed by atoms with E-state index >= 15 is 0 Å². The zero-order valence-electron chi connectivity index (χ0n) is 20.2. The van der Waals surface area contributed by atoms with Crippen molar-refractivity contribution in [1.29, 1.82) is 0 Å². The fourth-order valence-electron chi connectivity index (χ4n) is 4.36. The molecule has 7 nitrogen and oxygen atoms in total. The first-order chi connectivity index (χ1) is 16.8. The summed E-state index contributed by atoms with van der Waals surface area (Å²) in [6, 6.07) is 10.3. The number of benzene rings is 2. The highest BCUT2D eigenvalue weighted by atomic mass is 35.5. The van der Waals surface area contributed by atoms with Crippen molar-refractivity contribution < 1.29 is 23.9 Å². The van der Waals surface area contributed by atoms with Gasteiger partial charge in [0.05, 0.1) is 5.69 Å². The number of carbonyl (C=O) groups is 3. The number of halogens is 1. The summed E-state index contributed by atoms with van der Waals surface area (Å²) in [6.45, 7) is 5.89. The van der Waals surface area contributed by atoms with Crippen LogP contribution in [0.4, 0.5) is 5.69 Å². The Morgan fingerprint density at radius 3 is 2.66 bits per heavy atom. The van der Waals surface area contributed by atoms with Crippen LogP contribution in [0.3, 0.4) is 0 Å². The Kier molecular flexibility index (Phi) is 7.96. The monoisotopic (exact) mass is 498 g/mol. The van der Waals surface area contributed by atoms with Crippen LogP contribution in [-0.4, -0.2) is 55.3 Å². The predicted molar refractivity (Wildman–Crippen MR) is 135 cm³/mol. The number of hydrogen-bond donors (Lipinski definition) is 0. The van der Waals surface area contributed by atoms with Crippen molar-refractivity contribution >= 4 is 34.9 Å². The van der Waals surface area contributed by atoms with Crippen molar-refractivity contribution in [2.24, 2.45) is 5.92 Å². The fourth-order valence-corrected chi connectivity index (χ4v) is 4.48. The van der Waals surface area contributed by atoms with E-state index in [1.807, 2.05) is 11.8 Å².